The van der Waals surface area contributed by atoms with Crippen molar-refractivity contribution < 1.29 is 17.9 Å². The van der Waals surface area contributed by atoms with Crippen molar-refractivity contribution in [2.75, 3.05) is 12.9 Å². The number of carbonyl (C=O) groups excluding carboxylic acids is 1. The van der Waals surface area contributed by atoms with Crippen molar-refractivity contribution in [3.63, 3.8) is 0 Å². The van der Waals surface area contributed by atoms with Crippen LogP contribution in [0.5, 0.6) is 0 Å². The normalized spacial score (nSPS) is 10.8. The first-order valence-electron chi connectivity index (χ1n) is 3.35. The lowest BCUT2D eigenvalue weighted by atomic mass is 10.5. The summed E-state index contributed by atoms with van der Waals surface area (Å²) in [6.45, 7) is 2.09. The molecular formula is C5H12N2O4S. The van der Waals surface area contributed by atoms with E-state index in [2.05, 4.69) is 4.74 Å². The summed E-state index contributed by atoms with van der Waals surface area (Å²) in [5, 5.41) is 0. The summed E-state index contributed by atoms with van der Waals surface area (Å²) in [7, 11) is -3.41. The van der Waals surface area contributed by atoms with E-state index in [1.54, 1.807) is 4.83 Å². The SMILES string of the molecule is CCCOC(=O)NNS(C)(=O)=O. The summed E-state index contributed by atoms with van der Waals surface area (Å²) in [4.78, 5) is 12.4. The van der Waals surface area contributed by atoms with E-state index < -0.39 is 16.1 Å². The third-order valence-electron chi connectivity index (χ3n) is 0.776. The minimum atomic E-state index is -3.41. The summed E-state index contributed by atoms with van der Waals surface area (Å²) < 4.78 is 25.4. The van der Waals surface area contributed by atoms with Crippen LogP contribution in [0.2, 0.25) is 0 Å². The quantitative estimate of drug-likeness (QED) is 0.598. The summed E-state index contributed by atoms with van der Waals surface area (Å²) >= 11 is 0. The van der Waals surface area contributed by atoms with Crippen LogP contribution in [-0.2, 0) is 14.8 Å². The first kappa shape index (κ1) is 11.2. The van der Waals surface area contributed by atoms with E-state index in [4.69, 9.17) is 0 Å². The Morgan fingerprint density at radius 3 is 2.50 bits per heavy atom. The molecule has 0 aliphatic carbocycles. The van der Waals surface area contributed by atoms with Gasteiger partial charge in [-0.15, -0.1) is 4.83 Å². The number of rotatable bonds is 4. The Balaban J connectivity index is 3.58. The highest BCUT2D eigenvalue weighted by atomic mass is 32.2. The molecule has 6 nitrogen and oxygen atoms in total. The number of nitrogens with one attached hydrogen (secondary N) is 2. The fourth-order valence-corrected chi connectivity index (χ4v) is 0.634. The third-order valence-corrected chi connectivity index (χ3v) is 1.25. The molecule has 0 atom stereocenters. The number of hydrogen-bond acceptors (Lipinski definition) is 4. The van der Waals surface area contributed by atoms with Crippen molar-refractivity contribution in [3.8, 4) is 0 Å². The predicted octanol–water partition coefficient (Wildman–Crippen LogP) is -0.413. The molecular weight excluding hydrogens is 184 g/mol. The maximum Gasteiger partial charge on any atom is 0.422 e. The molecule has 0 spiro atoms. The molecule has 0 aliphatic rings. The van der Waals surface area contributed by atoms with Gasteiger partial charge in [-0.2, -0.15) is 0 Å². The van der Waals surface area contributed by atoms with Gasteiger partial charge in [0.2, 0.25) is 10.0 Å². The van der Waals surface area contributed by atoms with Gasteiger partial charge in [-0.1, -0.05) is 6.92 Å². The average Bonchev–Trinajstić information content (AvgIpc) is 1.95. The van der Waals surface area contributed by atoms with Crippen molar-refractivity contribution in [2.45, 2.75) is 13.3 Å². The van der Waals surface area contributed by atoms with Crippen LogP contribution in [0.15, 0.2) is 0 Å². The van der Waals surface area contributed by atoms with Gasteiger partial charge in [0, 0.05) is 0 Å². The number of amides is 1. The summed E-state index contributed by atoms with van der Waals surface area (Å²) in [5.41, 5.74) is 1.86. The topological polar surface area (TPSA) is 84.5 Å². The Hall–Kier alpha value is -0.820. The molecule has 12 heavy (non-hydrogen) atoms. The van der Waals surface area contributed by atoms with Gasteiger partial charge in [0.1, 0.15) is 0 Å². The minimum Gasteiger partial charge on any atom is -0.449 e. The van der Waals surface area contributed by atoms with Crippen molar-refractivity contribution in [1.29, 1.82) is 0 Å². The highest BCUT2D eigenvalue weighted by Crippen LogP contribution is 1.80. The molecule has 0 saturated carbocycles. The van der Waals surface area contributed by atoms with Crippen LogP contribution in [0.25, 0.3) is 0 Å². The average molecular weight is 196 g/mol. The zero-order chi connectivity index (χ0) is 9.61. The smallest absolute Gasteiger partial charge is 0.422 e. The number of sulfonamides is 1. The first-order valence-corrected chi connectivity index (χ1v) is 5.24. The van der Waals surface area contributed by atoms with Crippen LogP contribution in [0.4, 0.5) is 4.79 Å². The van der Waals surface area contributed by atoms with Gasteiger partial charge < -0.3 is 4.74 Å². The molecule has 0 aliphatic heterocycles. The zero-order valence-corrected chi connectivity index (χ0v) is 7.77. The highest BCUT2D eigenvalue weighted by molar-refractivity contribution is 7.88. The van der Waals surface area contributed by atoms with E-state index in [9.17, 15) is 13.2 Å². The molecule has 0 heterocycles. The molecule has 1 amide bonds. The van der Waals surface area contributed by atoms with E-state index in [-0.39, 0.29) is 6.61 Å². The molecule has 0 rings (SSSR count). The van der Waals surface area contributed by atoms with Crippen LogP contribution >= 0.6 is 0 Å². The highest BCUT2D eigenvalue weighted by Gasteiger charge is 2.04. The van der Waals surface area contributed by atoms with Gasteiger partial charge in [0.15, 0.2) is 0 Å². The lowest BCUT2D eigenvalue weighted by Gasteiger charge is -2.04. The lowest BCUT2D eigenvalue weighted by Crippen LogP contribution is -2.41. The van der Waals surface area contributed by atoms with Crippen LogP contribution < -0.4 is 10.3 Å². The molecule has 2 N–H and O–H groups in total. The molecule has 0 aromatic carbocycles. The Labute approximate surface area is 71.3 Å². The largest absolute Gasteiger partial charge is 0.449 e. The van der Waals surface area contributed by atoms with Crippen LogP contribution in [0, 0.1) is 0 Å². The Bertz CT molecular complexity index is 236. The van der Waals surface area contributed by atoms with Crippen molar-refractivity contribution in [3.05, 3.63) is 0 Å². The number of ether oxygens (including phenoxy) is 1. The number of hydrazine groups is 1. The summed E-state index contributed by atoms with van der Waals surface area (Å²) in [6.07, 6.45) is 0.807. The van der Waals surface area contributed by atoms with Crippen molar-refractivity contribution in [1.82, 2.24) is 10.3 Å². The Morgan fingerprint density at radius 2 is 2.08 bits per heavy atom. The van der Waals surface area contributed by atoms with Crippen LogP contribution in [-0.4, -0.2) is 27.4 Å². The van der Waals surface area contributed by atoms with E-state index >= 15 is 0 Å². The van der Waals surface area contributed by atoms with Gasteiger partial charge in [0.05, 0.1) is 12.9 Å². The lowest BCUT2D eigenvalue weighted by molar-refractivity contribution is 0.144. The predicted molar refractivity (Wildman–Crippen MR) is 42.8 cm³/mol. The number of hydrogen-bond donors (Lipinski definition) is 2. The second kappa shape index (κ2) is 4.94. The Kier molecular flexibility index (Phi) is 4.60. The fraction of sp³-hybridized carbons (Fsp3) is 0.800. The molecule has 7 heteroatoms. The molecule has 0 fully saturated rings. The van der Waals surface area contributed by atoms with Gasteiger partial charge in [-0.05, 0) is 6.42 Å². The maximum absolute atomic E-state index is 10.6. The molecule has 0 aromatic heterocycles. The van der Waals surface area contributed by atoms with Crippen molar-refractivity contribution in [2.24, 2.45) is 0 Å². The summed E-state index contributed by atoms with van der Waals surface area (Å²) in [5.74, 6) is 0. The standard InChI is InChI=1S/C5H12N2O4S/c1-3-4-11-5(8)6-7-12(2,9)10/h7H,3-4H2,1-2H3,(H,6,8). The molecule has 0 radical (unpaired) electrons. The molecule has 72 valence electrons. The minimum absolute atomic E-state index is 0.261. The van der Waals surface area contributed by atoms with Crippen molar-refractivity contribution >= 4 is 16.1 Å². The zero-order valence-electron chi connectivity index (χ0n) is 6.96. The number of carbonyl (C=O) groups is 1. The van der Waals surface area contributed by atoms with E-state index in [0.29, 0.717) is 6.42 Å². The van der Waals surface area contributed by atoms with Gasteiger partial charge >= 0.3 is 6.09 Å². The van der Waals surface area contributed by atoms with E-state index in [1.165, 1.54) is 0 Å². The molecule has 0 saturated heterocycles. The van der Waals surface area contributed by atoms with Crippen LogP contribution in [0.1, 0.15) is 13.3 Å². The molecule has 0 aromatic rings. The second-order valence-corrected chi connectivity index (χ2v) is 3.88. The second-order valence-electron chi connectivity index (χ2n) is 2.14. The van der Waals surface area contributed by atoms with Crippen LogP contribution in [0.3, 0.4) is 0 Å². The van der Waals surface area contributed by atoms with E-state index in [1.807, 2.05) is 12.3 Å². The van der Waals surface area contributed by atoms with Gasteiger partial charge in [-0.25, -0.2) is 18.6 Å². The maximum atomic E-state index is 10.6. The van der Waals surface area contributed by atoms with Gasteiger partial charge in [0.25, 0.3) is 0 Å². The summed E-state index contributed by atoms with van der Waals surface area (Å²) in [6, 6.07) is 0. The first-order chi connectivity index (χ1) is 5.45. The van der Waals surface area contributed by atoms with E-state index in [0.717, 1.165) is 6.26 Å². The monoisotopic (exact) mass is 196 g/mol. The Morgan fingerprint density at radius 1 is 1.50 bits per heavy atom. The molecule has 0 bridgehead atoms. The van der Waals surface area contributed by atoms with Gasteiger partial charge in [-0.3, -0.25) is 0 Å². The molecule has 0 unspecified atom stereocenters. The fourth-order valence-electron chi connectivity index (χ4n) is 0.365. The third kappa shape index (κ3) is 7.29.